The van der Waals surface area contributed by atoms with Gasteiger partial charge in [-0.15, -0.1) is 0 Å². The molecule has 0 aliphatic carbocycles. The Morgan fingerprint density at radius 1 is 1.36 bits per heavy atom. The van der Waals surface area contributed by atoms with Crippen molar-refractivity contribution in [3.63, 3.8) is 0 Å². The highest BCUT2D eigenvalue weighted by Gasteiger charge is 2.10. The minimum absolute atomic E-state index is 0.182. The average molecular weight is 176 g/mol. The Bertz CT molecular complexity index is 212. The maximum Gasteiger partial charge on any atom is 0.154 e. The third-order valence-electron chi connectivity index (χ3n) is 1.17. The predicted molar refractivity (Wildman–Crippen MR) is 48.3 cm³/mol. The smallest absolute Gasteiger partial charge is 0.154 e. The second kappa shape index (κ2) is 4.54. The number of rotatable bonds is 4. The van der Waals surface area contributed by atoms with Gasteiger partial charge >= 0.3 is 0 Å². The minimum Gasteiger partial charge on any atom is -0.229 e. The molecule has 0 unspecified atom stereocenters. The molecule has 0 fully saturated rings. The van der Waals surface area contributed by atoms with Crippen LogP contribution in [0.15, 0.2) is 12.2 Å². The minimum atomic E-state index is -2.83. The van der Waals surface area contributed by atoms with Crippen molar-refractivity contribution in [3.05, 3.63) is 12.2 Å². The zero-order chi connectivity index (χ0) is 8.91. The molecule has 0 radical (unpaired) electrons. The van der Waals surface area contributed by atoms with Crippen LogP contribution in [0.25, 0.3) is 0 Å². The van der Waals surface area contributed by atoms with Crippen LogP contribution < -0.4 is 0 Å². The monoisotopic (exact) mass is 176 g/mol. The number of sulfone groups is 1. The lowest BCUT2D eigenvalue weighted by atomic mass is 10.3. The first-order valence-electron chi connectivity index (χ1n) is 3.79. The van der Waals surface area contributed by atoms with Gasteiger partial charge in [0.25, 0.3) is 0 Å². The van der Waals surface area contributed by atoms with Gasteiger partial charge in [-0.2, -0.15) is 0 Å². The zero-order valence-corrected chi connectivity index (χ0v) is 8.19. The fourth-order valence-corrected chi connectivity index (χ4v) is 2.46. The molecule has 0 heterocycles. The van der Waals surface area contributed by atoms with E-state index >= 15 is 0 Å². The summed E-state index contributed by atoms with van der Waals surface area (Å²) in [4.78, 5) is 0. The molecule has 0 saturated heterocycles. The summed E-state index contributed by atoms with van der Waals surface area (Å²) >= 11 is 0. The van der Waals surface area contributed by atoms with Crippen LogP contribution in [0, 0.1) is 5.92 Å². The van der Waals surface area contributed by atoms with E-state index in [0.29, 0.717) is 0 Å². The molecular formula is C8H16O2S. The van der Waals surface area contributed by atoms with Gasteiger partial charge in [-0.05, 0) is 12.8 Å². The van der Waals surface area contributed by atoms with E-state index in [0.717, 1.165) is 0 Å². The summed E-state index contributed by atoms with van der Waals surface area (Å²) in [7, 11) is -2.83. The van der Waals surface area contributed by atoms with E-state index < -0.39 is 9.84 Å². The quantitative estimate of drug-likeness (QED) is 0.610. The highest BCUT2D eigenvalue weighted by molar-refractivity contribution is 7.91. The molecule has 0 aromatic rings. The summed E-state index contributed by atoms with van der Waals surface area (Å²) in [6, 6.07) is 0. The molecule has 2 nitrogen and oxygen atoms in total. The van der Waals surface area contributed by atoms with Crippen molar-refractivity contribution in [1.82, 2.24) is 0 Å². The van der Waals surface area contributed by atoms with Gasteiger partial charge in [-0.25, -0.2) is 8.42 Å². The van der Waals surface area contributed by atoms with Crippen molar-refractivity contribution < 1.29 is 8.42 Å². The summed E-state index contributed by atoms with van der Waals surface area (Å²) in [6.07, 6.45) is 3.44. The molecule has 0 rings (SSSR count). The van der Waals surface area contributed by atoms with Crippen LogP contribution >= 0.6 is 0 Å². The van der Waals surface area contributed by atoms with E-state index in [-0.39, 0.29) is 17.4 Å². The molecule has 0 bridgehead atoms. The SMILES string of the molecule is C/C=C/CS(=O)(=O)CC(C)C. The normalized spacial score (nSPS) is 13.1. The molecule has 0 atom stereocenters. The highest BCUT2D eigenvalue weighted by Crippen LogP contribution is 2.00. The second-order valence-electron chi connectivity index (χ2n) is 3.04. The maximum atomic E-state index is 11.1. The summed E-state index contributed by atoms with van der Waals surface area (Å²) in [6.45, 7) is 5.64. The second-order valence-corrected chi connectivity index (χ2v) is 5.19. The van der Waals surface area contributed by atoms with Gasteiger partial charge in [0.1, 0.15) is 0 Å². The van der Waals surface area contributed by atoms with Crippen molar-refractivity contribution in [2.45, 2.75) is 20.8 Å². The van der Waals surface area contributed by atoms with Crippen molar-refractivity contribution in [2.24, 2.45) is 5.92 Å². The van der Waals surface area contributed by atoms with Gasteiger partial charge in [-0.3, -0.25) is 0 Å². The molecule has 0 amide bonds. The number of hydrogen-bond acceptors (Lipinski definition) is 2. The molecule has 0 saturated carbocycles. The molecule has 0 aliphatic rings. The van der Waals surface area contributed by atoms with Crippen molar-refractivity contribution >= 4 is 9.84 Å². The topological polar surface area (TPSA) is 34.1 Å². The van der Waals surface area contributed by atoms with Crippen LogP contribution in [0.1, 0.15) is 20.8 Å². The zero-order valence-electron chi connectivity index (χ0n) is 7.37. The molecule has 3 heteroatoms. The molecule has 0 aromatic carbocycles. The van der Waals surface area contributed by atoms with E-state index in [1.54, 1.807) is 12.2 Å². The Labute approximate surface area is 69.2 Å². The van der Waals surface area contributed by atoms with Gasteiger partial charge in [-0.1, -0.05) is 26.0 Å². The van der Waals surface area contributed by atoms with Crippen LogP contribution in [0.5, 0.6) is 0 Å². The third kappa shape index (κ3) is 6.10. The number of hydrogen-bond donors (Lipinski definition) is 0. The standard InChI is InChI=1S/C8H16O2S/c1-4-5-6-11(9,10)7-8(2)3/h4-5,8H,6-7H2,1-3H3/b5-4+. The van der Waals surface area contributed by atoms with Crippen molar-refractivity contribution in [1.29, 1.82) is 0 Å². The van der Waals surface area contributed by atoms with Crippen LogP contribution in [-0.2, 0) is 9.84 Å². The van der Waals surface area contributed by atoms with E-state index in [1.807, 2.05) is 20.8 Å². The summed E-state index contributed by atoms with van der Waals surface area (Å²) in [5.41, 5.74) is 0. The lowest BCUT2D eigenvalue weighted by Crippen LogP contribution is -2.13. The van der Waals surface area contributed by atoms with Crippen LogP contribution in [0.4, 0.5) is 0 Å². The Hall–Kier alpha value is -0.310. The van der Waals surface area contributed by atoms with Gasteiger partial charge < -0.3 is 0 Å². The van der Waals surface area contributed by atoms with E-state index in [4.69, 9.17) is 0 Å². The third-order valence-corrected chi connectivity index (χ3v) is 3.05. The molecular weight excluding hydrogens is 160 g/mol. The maximum absolute atomic E-state index is 11.1. The van der Waals surface area contributed by atoms with Crippen LogP contribution in [0.2, 0.25) is 0 Å². The fourth-order valence-electron chi connectivity index (χ4n) is 0.819. The first-order valence-corrected chi connectivity index (χ1v) is 5.61. The van der Waals surface area contributed by atoms with E-state index in [9.17, 15) is 8.42 Å². The van der Waals surface area contributed by atoms with E-state index in [2.05, 4.69) is 0 Å². The highest BCUT2D eigenvalue weighted by atomic mass is 32.2. The summed E-state index contributed by atoms with van der Waals surface area (Å²) in [5, 5.41) is 0. The average Bonchev–Trinajstić information content (AvgIpc) is 1.81. The van der Waals surface area contributed by atoms with Crippen molar-refractivity contribution in [2.75, 3.05) is 11.5 Å². The Balaban J connectivity index is 4.02. The van der Waals surface area contributed by atoms with Crippen LogP contribution in [-0.4, -0.2) is 19.9 Å². The summed E-state index contributed by atoms with van der Waals surface area (Å²) < 4.78 is 22.3. The van der Waals surface area contributed by atoms with E-state index in [1.165, 1.54) is 0 Å². The first kappa shape index (κ1) is 10.7. The largest absolute Gasteiger partial charge is 0.229 e. The first-order chi connectivity index (χ1) is 4.98. The van der Waals surface area contributed by atoms with Gasteiger partial charge in [0, 0.05) is 0 Å². The number of allylic oxidation sites excluding steroid dienone is 1. The molecule has 0 N–H and O–H groups in total. The van der Waals surface area contributed by atoms with Crippen LogP contribution in [0.3, 0.4) is 0 Å². The molecule has 0 spiro atoms. The molecule has 11 heavy (non-hydrogen) atoms. The predicted octanol–water partition coefficient (Wildman–Crippen LogP) is 1.63. The van der Waals surface area contributed by atoms with Gasteiger partial charge in [0.2, 0.25) is 0 Å². The lowest BCUT2D eigenvalue weighted by molar-refractivity contribution is 0.585. The Kier molecular flexibility index (Phi) is 4.42. The molecule has 66 valence electrons. The molecule has 0 aromatic heterocycles. The van der Waals surface area contributed by atoms with Gasteiger partial charge in [0.05, 0.1) is 11.5 Å². The van der Waals surface area contributed by atoms with Crippen molar-refractivity contribution in [3.8, 4) is 0 Å². The fraction of sp³-hybridized carbons (Fsp3) is 0.750. The Morgan fingerprint density at radius 3 is 2.27 bits per heavy atom. The molecule has 0 aliphatic heterocycles. The lowest BCUT2D eigenvalue weighted by Gasteiger charge is -2.03. The summed E-state index contributed by atoms with van der Waals surface area (Å²) in [5.74, 6) is 0.698. The Morgan fingerprint density at radius 2 is 1.91 bits per heavy atom. The van der Waals surface area contributed by atoms with Gasteiger partial charge in [0.15, 0.2) is 9.84 Å².